The minimum Gasteiger partial charge on any atom is -0.508 e. The quantitative estimate of drug-likeness (QED) is 0.200. The molecule has 9 nitrogen and oxygen atoms in total. The normalized spacial score (nSPS) is 11.4. The van der Waals surface area contributed by atoms with Crippen LogP contribution in [0.1, 0.15) is 32.3 Å². The van der Waals surface area contributed by atoms with Gasteiger partial charge in [0, 0.05) is 49.4 Å². The van der Waals surface area contributed by atoms with Crippen LogP contribution in [-0.2, 0) is 11.8 Å². The molecule has 1 amide bonds. The number of thioether (sulfide) groups is 1. The highest BCUT2D eigenvalue weighted by atomic mass is 32.2. The molecule has 2 heterocycles. The van der Waals surface area contributed by atoms with E-state index in [-0.39, 0.29) is 17.6 Å². The first kappa shape index (κ1) is 23.7. The molecular weight excluding hydrogens is 452 g/mol. The molecule has 0 saturated heterocycles. The molecule has 2 aromatic carbocycles. The number of carbonyl (C=O) groups excluding carboxylic acids is 1. The van der Waals surface area contributed by atoms with Crippen molar-refractivity contribution in [2.45, 2.75) is 31.8 Å². The number of carbonyl (C=O) groups is 1. The number of rotatable bonds is 8. The molecule has 0 atom stereocenters. The second kappa shape index (κ2) is 9.78. The number of nitrogens with two attached hydrogens (primary N) is 1. The molecule has 10 heteroatoms. The molecule has 0 radical (unpaired) electrons. The van der Waals surface area contributed by atoms with E-state index in [1.165, 1.54) is 24.8 Å². The number of benzene rings is 2. The number of phenolic OH excluding ortho intramolecular Hbond substituents is 1. The van der Waals surface area contributed by atoms with Crippen molar-refractivity contribution >= 4 is 28.6 Å². The minimum absolute atomic E-state index is 0.0765. The van der Waals surface area contributed by atoms with Gasteiger partial charge in [0.25, 0.3) is 0 Å². The molecule has 0 saturated carbocycles. The molecule has 0 bridgehead atoms. The Morgan fingerprint density at radius 2 is 2.03 bits per heavy atom. The summed E-state index contributed by atoms with van der Waals surface area (Å²) in [6.45, 7) is 6.00. The number of hydrogen-bond donors (Lipinski definition) is 3. The number of amides is 1. The number of hydrogen-bond acceptors (Lipinski definition) is 7. The van der Waals surface area contributed by atoms with E-state index >= 15 is 0 Å². The zero-order chi connectivity index (χ0) is 24.4. The summed E-state index contributed by atoms with van der Waals surface area (Å²) in [7, 11) is 2.00. The molecule has 4 aromatic rings. The summed E-state index contributed by atoms with van der Waals surface area (Å²) in [5.41, 5.74) is 3.36. The summed E-state index contributed by atoms with van der Waals surface area (Å²) in [5.74, 6) is 7.14. The van der Waals surface area contributed by atoms with Gasteiger partial charge in [-0.15, -0.1) is 10.2 Å². The van der Waals surface area contributed by atoms with E-state index in [1.807, 2.05) is 43.8 Å². The summed E-state index contributed by atoms with van der Waals surface area (Å²) in [4.78, 5) is 16.4. The highest BCUT2D eigenvalue weighted by Crippen LogP contribution is 2.39. The van der Waals surface area contributed by atoms with Crippen molar-refractivity contribution < 1.29 is 14.7 Å². The third-order valence-electron chi connectivity index (χ3n) is 5.59. The molecule has 0 aliphatic rings. The number of phenols is 1. The van der Waals surface area contributed by atoms with Crippen LogP contribution in [0, 0.1) is 0 Å². The van der Waals surface area contributed by atoms with Crippen molar-refractivity contribution in [1.29, 1.82) is 0 Å². The third kappa shape index (κ3) is 4.59. The van der Waals surface area contributed by atoms with Crippen LogP contribution < -0.4 is 16.1 Å². The Bertz CT molecular complexity index is 1340. The summed E-state index contributed by atoms with van der Waals surface area (Å²) in [6.07, 6.45) is 2.01. The second-order valence-corrected chi connectivity index (χ2v) is 9.38. The maximum atomic E-state index is 11.2. The van der Waals surface area contributed by atoms with Crippen molar-refractivity contribution in [3.63, 3.8) is 0 Å². The van der Waals surface area contributed by atoms with Gasteiger partial charge in [-0.05, 0) is 41.8 Å². The zero-order valence-electron chi connectivity index (χ0n) is 19.6. The van der Waals surface area contributed by atoms with Crippen LogP contribution in [0.2, 0.25) is 0 Å². The van der Waals surface area contributed by atoms with Gasteiger partial charge in [0.15, 0.2) is 16.7 Å². The predicted octanol–water partition coefficient (Wildman–Crippen LogP) is 3.74. The van der Waals surface area contributed by atoms with Crippen LogP contribution in [0.5, 0.6) is 11.5 Å². The van der Waals surface area contributed by atoms with E-state index in [0.717, 1.165) is 22.2 Å². The lowest BCUT2D eigenvalue weighted by molar-refractivity contribution is -0.118. The Morgan fingerprint density at radius 1 is 1.24 bits per heavy atom. The lowest BCUT2D eigenvalue weighted by Gasteiger charge is -2.16. The molecule has 0 aliphatic heterocycles. The number of fused-ring (bicyclic) bond motifs is 1. The minimum atomic E-state index is -0.0765. The van der Waals surface area contributed by atoms with Crippen molar-refractivity contribution in [2.75, 3.05) is 12.3 Å². The largest absolute Gasteiger partial charge is 0.508 e. The maximum absolute atomic E-state index is 11.2. The molecule has 0 aliphatic carbocycles. The molecule has 4 N–H and O–H groups in total. The molecule has 0 spiro atoms. The third-order valence-corrected chi connectivity index (χ3v) is 6.52. The Labute approximate surface area is 201 Å². The van der Waals surface area contributed by atoms with Crippen LogP contribution in [0.4, 0.5) is 0 Å². The SMILES string of the molecule is CC(=O)NCCSc1nnc(-c2cc(C(C)C)c(O)cc2ON)n1-c1ccc2c(ccn2C)c1. The van der Waals surface area contributed by atoms with Crippen molar-refractivity contribution in [3.05, 3.63) is 48.2 Å². The smallest absolute Gasteiger partial charge is 0.216 e. The first-order chi connectivity index (χ1) is 16.3. The van der Waals surface area contributed by atoms with Crippen LogP contribution >= 0.6 is 11.8 Å². The van der Waals surface area contributed by atoms with E-state index in [1.54, 1.807) is 0 Å². The van der Waals surface area contributed by atoms with E-state index in [2.05, 4.69) is 38.3 Å². The van der Waals surface area contributed by atoms with E-state index in [0.29, 0.717) is 34.6 Å². The zero-order valence-corrected chi connectivity index (χ0v) is 20.4. The maximum Gasteiger partial charge on any atom is 0.216 e. The summed E-state index contributed by atoms with van der Waals surface area (Å²) in [5, 5.41) is 23.9. The Kier molecular flexibility index (Phi) is 6.80. The lowest BCUT2D eigenvalue weighted by Crippen LogP contribution is -2.22. The lowest BCUT2D eigenvalue weighted by atomic mass is 9.98. The fourth-order valence-electron chi connectivity index (χ4n) is 3.87. The van der Waals surface area contributed by atoms with Crippen molar-refractivity contribution in [1.82, 2.24) is 24.6 Å². The van der Waals surface area contributed by atoms with Gasteiger partial charge in [-0.2, -0.15) is 5.90 Å². The van der Waals surface area contributed by atoms with E-state index in [9.17, 15) is 9.90 Å². The first-order valence-corrected chi connectivity index (χ1v) is 11.9. The number of aryl methyl sites for hydroxylation is 1. The molecule has 0 fully saturated rings. The molecule has 178 valence electrons. The highest BCUT2D eigenvalue weighted by molar-refractivity contribution is 7.99. The molecule has 0 unspecified atom stereocenters. The number of nitrogens with one attached hydrogen (secondary N) is 1. The number of aromatic hydroxyl groups is 1. The standard InChI is InChI=1S/C24H28N6O3S/c1-14(2)18-12-19(22(33-25)13-21(18)32)23-27-28-24(34-10-8-26-15(3)31)30(23)17-5-6-20-16(11-17)7-9-29(20)4/h5-7,9,11-14,32H,8,10,25H2,1-4H3,(H,26,31). The second-order valence-electron chi connectivity index (χ2n) is 8.32. The molecule has 4 rings (SSSR count). The molecular formula is C24H28N6O3S. The van der Waals surface area contributed by atoms with E-state index < -0.39 is 0 Å². The van der Waals surface area contributed by atoms with Gasteiger partial charge < -0.3 is 19.8 Å². The van der Waals surface area contributed by atoms with Crippen LogP contribution in [-0.4, -0.2) is 42.6 Å². The summed E-state index contributed by atoms with van der Waals surface area (Å²) >= 11 is 1.49. The van der Waals surface area contributed by atoms with Gasteiger partial charge in [-0.1, -0.05) is 25.6 Å². The van der Waals surface area contributed by atoms with Crippen LogP contribution in [0.25, 0.3) is 28.0 Å². The monoisotopic (exact) mass is 480 g/mol. The Morgan fingerprint density at radius 3 is 2.74 bits per heavy atom. The van der Waals surface area contributed by atoms with Crippen molar-refractivity contribution in [3.8, 4) is 28.6 Å². The Hall–Kier alpha value is -3.50. The fraction of sp³-hybridized carbons (Fsp3) is 0.292. The van der Waals surface area contributed by atoms with Gasteiger partial charge in [0.05, 0.1) is 11.3 Å². The van der Waals surface area contributed by atoms with Gasteiger partial charge in [0.1, 0.15) is 5.75 Å². The van der Waals surface area contributed by atoms with Gasteiger partial charge in [0.2, 0.25) is 5.91 Å². The fourth-order valence-corrected chi connectivity index (χ4v) is 4.67. The van der Waals surface area contributed by atoms with Gasteiger partial charge >= 0.3 is 0 Å². The molecule has 34 heavy (non-hydrogen) atoms. The average molecular weight is 481 g/mol. The molecule has 2 aromatic heterocycles. The Balaban J connectivity index is 1.86. The number of aromatic nitrogens is 4. The average Bonchev–Trinajstić information content (AvgIpc) is 3.39. The van der Waals surface area contributed by atoms with Gasteiger partial charge in [-0.3, -0.25) is 9.36 Å². The van der Waals surface area contributed by atoms with Crippen molar-refractivity contribution in [2.24, 2.45) is 12.9 Å². The van der Waals surface area contributed by atoms with Crippen LogP contribution in [0.3, 0.4) is 0 Å². The predicted molar refractivity (Wildman–Crippen MR) is 133 cm³/mol. The first-order valence-electron chi connectivity index (χ1n) is 10.9. The summed E-state index contributed by atoms with van der Waals surface area (Å²) < 4.78 is 4.01. The van der Waals surface area contributed by atoms with Crippen LogP contribution in [0.15, 0.2) is 47.8 Å². The highest BCUT2D eigenvalue weighted by Gasteiger charge is 2.22. The van der Waals surface area contributed by atoms with E-state index in [4.69, 9.17) is 10.7 Å². The number of nitrogens with zero attached hydrogens (tertiary/aromatic N) is 4. The summed E-state index contributed by atoms with van der Waals surface area (Å²) in [6, 6.07) is 11.5. The van der Waals surface area contributed by atoms with Gasteiger partial charge in [-0.25, -0.2) is 0 Å². The topological polar surface area (TPSA) is 120 Å².